The van der Waals surface area contributed by atoms with Crippen LogP contribution in [0.5, 0.6) is 0 Å². The van der Waals surface area contributed by atoms with Crippen LogP contribution in [0.25, 0.3) is 0 Å². The predicted octanol–water partition coefficient (Wildman–Crippen LogP) is 2.42. The fourth-order valence-electron chi connectivity index (χ4n) is 4.39. The molecule has 0 unspecified atom stereocenters. The van der Waals surface area contributed by atoms with E-state index in [0.29, 0.717) is 30.9 Å². The quantitative estimate of drug-likeness (QED) is 0.759. The Morgan fingerprint density at radius 3 is 2.68 bits per heavy atom. The molecule has 6 nitrogen and oxygen atoms in total. The molecule has 0 spiro atoms. The summed E-state index contributed by atoms with van der Waals surface area (Å²) in [6, 6.07) is 3.76. The van der Waals surface area contributed by atoms with Crippen molar-refractivity contribution in [2.75, 3.05) is 37.6 Å². The number of sulfone groups is 1. The first kappa shape index (κ1) is 19.4. The summed E-state index contributed by atoms with van der Waals surface area (Å²) in [4.78, 5) is 16.7. The number of nitrogens with one attached hydrogen (secondary N) is 1. The van der Waals surface area contributed by atoms with Gasteiger partial charge >= 0.3 is 0 Å². The van der Waals surface area contributed by atoms with Gasteiger partial charge in [-0.25, -0.2) is 12.8 Å². The number of carbonyl (C=O) groups excluding carboxylic acids is 1. The zero-order chi connectivity index (χ0) is 19.7. The van der Waals surface area contributed by atoms with Crippen LogP contribution in [0, 0.1) is 5.82 Å². The maximum Gasteiger partial charge on any atom is 0.265 e. The highest BCUT2D eigenvalue weighted by Crippen LogP contribution is 2.43. The molecular formula is C20H26FN3O3S. The van der Waals surface area contributed by atoms with Crippen LogP contribution in [-0.4, -0.2) is 51.9 Å². The van der Waals surface area contributed by atoms with Crippen LogP contribution in [0.1, 0.15) is 38.5 Å². The molecule has 28 heavy (non-hydrogen) atoms. The van der Waals surface area contributed by atoms with E-state index in [9.17, 15) is 17.6 Å². The molecule has 4 rings (SSSR count). The van der Waals surface area contributed by atoms with Crippen LogP contribution >= 0.6 is 0 Å². The summed E-state index contributed by atoms with van der Waals surface area (Å²) >= 11 is 0. The summed E-state index contributed by atoms with van der Waals surface area (Å²) in [5.74, 6) is -1.19. The standard InChI is InChI=1S/C20H26FN3O3S/c21-15-7-8-16-18(14-15)28(26,27)19(17-6-4-13-24(16)17)20(25)22-9-5-12-23-10-2-1-3-11-23/h7-8,14H,1-6,9-13H2,(H,22,25). The smallest absolute Gasteiger partial charge is 0.265 e. The van der Waals surface area contributed by atoms with Crippen LogP contribution in [-0.2, 0) is 14.6 Å². The monoisotopic (exact) mass is 407 g/mol. The summed E-state index contributed by atoms with van der Waals surface area (Å²) < 4.78 is 39.9. The highest BCUT2D eigenvalue weighted by Gasteiger charge is 2.41. The first-order valence-electron chi connectivity index (χ1n) is 10.0. The fourth-order valence-corrected chi connectivity index (χ4v) is 6.17. The van der Waals surface area contributed by atoms with Crippen LogP contribution in [0.15, 0.2) is 33.7 Å². The molecule has 2 fully saturated rings. The third kappa shape index (κ3) is 3.55. The summed E-state index contributed by atoms with van der Waals surface area (Å²) in [6.07, 6.45) is 5.79. The van der Waals surface area contributed by atoms with E-state index in [1.54, 1.807) is 0 Å². The number of halogens is 1. The minimum Gasteiger partial charge on any atom is -0.351 e. The van der Waals surface area contributed by atoms with E-state index in [2.05, 4.69) is 10.2 Å². The van der Waals surface area contributed by atoms with Crippen molar-refractivity contribution in [3.8, 4) is 0 Å². The Labute approximate surface area is 165 Å². The van der Waals surface area contributed by atoms with Crippen molar-refractivity contribution in [3.05, 3.63) is 34.6 Å². The molecule has 1 aromatic carbocycles. The summed E-state index contributed by atoms with van der Waals surface area (Å²) in [5.41, 5.74) is 1.00. The maximum atomic E-state index is 13.7. The number of carbonyl (C=O) groups is 1. The van der Waals surface area contributed by atoms with Gasteiger partial charge < -0.3 is 15.1 Å². The first-order valence-corrected chi connectivity index (χ1v) is 11.5. The lowest BCUT2D eigenvalue weighted by Crippen LogP contribution is -2.37. The van der Waals surface area contributed by atoms with E-state index in [1.807, 2.05) is 4.90 Å². The number of fused-ring (bicyclic) bond motifs is 3. The van der Waals surface area contributed by atoms with Crippen molar-refractivity contribution in [1.29, 1.82) is 0 Å². The Bertz CT molecular complexity index is 907. The molecule has 152 valence electrons. The van der Waals surface area contributed by atoms with Gasteiger partial charge in [0.1, 0.15) is 5.82 Å². The van der Waals surface area contributed by atoms with Crippen LogP contribution < -0.4 is 10.2 Å². The van der Waals surface area contributed by atoms with Gasteiger partial charge in [-0.15, -0.1) is 0 Å². The Balaban J connectivity index is 1.50. The molecule has 3 aliphatic heterocycles. The lowest BCUT2D eigenvalue weighted by Gasteiger charge is -2.30. The third-order valence-corrected chi connectivity index (χ3v) is 7.61. The molecule has 0 aromatic heterocycles. The Morgan fingerprint density at radius 1 is 1.11 bits per heavy atom. The number of nitrogens with zero attached hydrogens (tertiary/aromatic N) is 2. The van der Waals surface area contributed by atoms with Gasteiger partial charge in [-0.1, -0.05) is 6.42 Å². The molecule has 0 bridgehead atoms. The zero-order valence-electron chi connectivity index (χ0n) is 15.9. The van der Waals surface area contributed by atoms with Crippen LogP contribution in [0.2, 0.25) is 0 Å². The SMILES string of the molecule is O=C(NCCCN1CCCCC1)C1=C2CCCN2c2ccc(F)cc2S1(=O)=O. The van der Waals surface area contributed by atoms with Gasteiger partial charge in [-0.05, 0) is 69.9 Å². The first-order chi connectivity index (χ1) is 13.5. The molecule has 1 aromatic rings. The molecule has 1 amide bonds. The summed E-state index contributed by atoms with van der Waals surface area (Å²) in [7, 11) is -4.04. The van der Waals surface area contributed by atoms with Crippen LogP contribution in [0.4, 0.5) is 10.1 Å². The van der Waals surface area contributed by atoms with Gasteiger partial charge in [-0.3, -0.25) is 4.79 Å². The summed E-state index contributed by atoms with van der Waals surface area (Å²) in [5, 5.41) is 2.78. The van der Waals surface area contributed by atoms with Crippen molar-refractivity contribution in [2.24, 2.45) is 0 Å². The Kier molecular flexibility index (Phi) is 5.42. The van der Waals surface area contributed by atoms with E-state index < -0.39 is 21.6 Å². The molecule has 3 aliphatic rings. The second-order valence-electron chi connectivity index (χ2n) is 7.66. The fraction of sp³-hybridized carbons (Fsp3) is 0.550. The van der Waals surface area contributed by atoms with Gasteiger partial charge in [0.2, 0.25) is 9.84 Å². The van der Waals surface area contributed by atoms with E-state index in [1.165, 1.54) is 31.4 Å². The summed E-state index contributed by atoms with van der Waals surface area (Å²) in [6.45, 7) is 4.15. The predicted molar refractivity (Wildman–Crippen MR) is 105 cm³/mol. The topological polar surface area (TPSA) is 69.7 Å². The Morgan fingerprint density at radius 2 is 1.89 bits per heavy atom. The van der Waals surface area contributed by atoms with E-state index in [-0.39, 0.29) is 9.80 Å². The van der Waals surface area contributed by atoms with Gasteiger partial charge in [0.15, 0.2) is 4.91 Å². The van der Waals surface area contributed by atoms with E-state index >= 15 is 0 Å². The molecule has 0 atom stereocenters. The highest BCUT2D eigenvalue weighted by atomic mass is 32.2. The molecule has 0 saturated carbocycles. The van der Waals surface area contributed by atoms with Crippen molar-refractivity contribution in [1.82, 2.24) is 10.2 Å². The lowest BCUT2D eigenvalue weighted by atomic mass is 10.1. The number of likely N-dealkylation sites (tertiary alicyclic amines) is 1. The molecule has 8 heteroatoms. The third-order valence-electron chi connectivity index (χ3n) is 5.75. The van der Waals surface area contributed by atoms with Gasteiger partial charge in [0.05, 0.1) is 10.6 Å². The van der Waals surface area contributed by atoms with Crippen molar-refractivity contribution < 1.29 is 17.6 Å². The number of rotatable bonds is 5. The second kappa shape index (κ2) is 7.83. The number of anilines is 1. The van der Waals surface area contributed by atoms with E-state index in [4.69, 9.17) is 0 Å². The van der Waals surface area contributed by atoms with Crippen molar-refractivity contribution in [3.63, 3.8) is 0 Å². The number of hydrogen-bond donors (Lipinski definition) is 1. The second-order valence-corrected chi connectivity index (χ2v) is 9.51. The lowest BCUT2D eigenvalue weighted by molar-refractivity contribution is -0.116. The molecule has 2 saturated heterocycles. The number of piperidine rings is 1. The van der Waals surface area contributed by atoms with Crippen molar-refractivity contribution in [2.45, 2.75) is 43.4 Å². The number of hydrogen-bond acceptors (Lipinski definition) is 5. The van der Waals surface area contributed by atoms with Gasteiger partial charge in [-0.2, -0.15) is 0 Å². The average Bonchev–Trinajstić information content (AvgIpc) is 3.15. The average molecular weight is 408 g/mol. The zero-order valence-corrected chi connectivity index (χ0v) is 16.7. The number of amides is 1. The van der Waals surface area contributed by atoms with Gasteiger partial charge in [0, 0.05) is 18.8 Å². The minimum absolute atomic E-state index is 0.114. The van der Waals surface area contributed by atoms with Crippen molar-refractivity contribution >= 4 is 21.4 Å². The van der Waals surface area contributed by atoms with Crippen LogP contribution in [0.3, 0.4) is 0 Å². The van der Waals surface area contributed by atoms with E-state index in [0.717, 1.165) is 38.5 Å². The van der Waals surface area contributed by atoms with Gasteiger partial charge in [0.25, 0.3) is 5.91 Å². The minimum atomic E-state index is -4.04. The number of allylic oxidation sites excluding steroid dienone is 1. The number of benzene rings is 1. The molecule has 0 radical (unpaired) electrons. The molecular weight excluding hydrogens is 381 g/mol. The Hall–Kier alpha value is -1.93. The highest BCUT2D eigenvalue weighted by molar-refractivity contribution is 7.96. The largest absolute Gasteiger partial charge is 0.351 e. The molecule has 1 N–H and O–H groups in total. The normalized spacial score (nSPS) is 21.4. The molecule has 3 heterocycles. The molecule has 0 aliphatic carbocycles. The maximum absolute atomic E-state index is 13.7.